The van der Waals surface area contributed by atoms with Gasteiger partial charge in [-0.2, -0.15) is 5.10 Å². The zero-order valence-corrected chi connectivity index (χ0v) is 20.8. The molecule has 0 bridgehead atoms. The van der Waals surface area contributed by atoms with Crippen LogP contribution in [-0.2, 0) is 13.6 Å². The molecule has 7 nitrogen and oxygen atoms in total. The normalized spacial score (nSPS) is 12.3. The molecule has 10 heteroatoms. The van der Waals surface area contributed by atoms with Crippen LogP contribution in [0, 0.1) is 13.8 Å². The maximum atomic E-state index is 10.2. The molecular weight excluding hydrogens is 528 g/mol. The molecular formula is C19H28Cl2IN5O2. The van der Waals surface area contributed by atoms with Crippen molar-refractivity contribution in [1.82, 2.24) is 20.4 Å². The minimum atomic E-state index is -0.749. The van der Waals surface area contributed by atoms with Crippen LogP contribution >= 0.6 is 47.2 Å². The summed E-state index contributed by atoms with van der Waals surface area (Å²) in [7, 11) is 1.92. The number of benzene rings is 1. The summed E-state index contributed by atoms with van der Waals surface area (Å²) in [5, 5.41) is 21.6. The molecule has 3 N–H and O–H groups in total. The highest BCUT2D eigenvalue weighted by atomic mass is 127. The molecule has 0 aliphatic rings. The number of nitrogens with zero attached hydrogens (tertiary/aromatic N) is 3. The summed E-state index contributed by atoms with van der Waals surface area (Å²) in [5.41, 5.74) is 3.15. The second-order valence-corrected chi connectivity index (χ2v) is 7.15. The Labute approximate surface area is 198 Å². The SMILES string of the molecule is CCNC(=NCc1c(C)nn(C)c1C)NCC(O)COc1cccc(Cl)c1Cl.I. The number of guanidine groups is 1. The lowest BCUT2D eigenvalue weighted by Crippen LogP contribution is -2.42. The molecule has 1 atom stereocenters. The van der Waals surface area contributed by atoms with E-state index in [1.807, 2.05) is 32.5 Å². The van der Waals surface area contributed by atoms with Gasteiger partial charge in [0, 0.05) is 31.4 Å². The molecule has 162 valence electrons. The Hall–Kier alpha value is -1.23. The van der Waals surface area contributed by atoms with Gasteiger partial charge in [-0.25, -0.2) is 4.99 Å². The predicted molar refractivity (Wildman–Crippen MR) is 129 cm³/mol. The minimum Gasteiger partial charge on any atom is -0.489 e. The lowest BCUT2D eigenvalue weighted by atomic mass is 10.2. The molecule has 0 amide bonds. The van der Waals surface area contributed by atoms with E-state index in [4.69, 9.17) is 27.9 Å². The number of ether oxygens (including phenoxy) is 1. The summed E-state index contributed by atoms with van der Waals surface area (Å²) in [6, 6.07) is 5.13. The number of halogens is 3. The van der Waals surface area contributed by atoms with Gasteiger partial charge < -0.3 is 20.5 Å². The van der Waals surface area contributed by atoms with Gasteiger partial charge in [-0.15, -0.1) is 24.0 Å². The quantitative estimate of drug-likeness (QED) is 0.264. The van der Waals surface area contributed by atoms with Crippen LogP contribution in [-0.4, -0.2) is 46.6 Å². The van der Waals surface area contributed by atoms with Crippen LogP contribution in [0.4, 0.5) is 0 Å². The van der Waals surface area contributed by atoms with Crippen molar-refractivity contribution in [3.05, 3.63) is 45.2 Å². The smallest absolute Gasteiger partial charge is 0.191 e. The Morgan fingerprint density at radius 3 is 2.66 bits per heavy atom. The number of hydrogen-bond acceptors (Lipinski definition) is 4. The second kappa shape index (κ2) is 12.5. The third-order valence-electron chi connectivity index (χ3n) is 4.25. The predicted octanol–water partition coefficient (Wildman–Crippen LogP) is 3.46. The molecule has 0 saturated carbocycles. The van der Waals surface area contributed by atoms with Crippen LogP contribution in [0.3, 0.4) is 0 Å². The van der Waals surface area contributed by atoms with Crippen molar-refractivity contribution in [3.63, 3.8) is 0 Å². The maximum absolute atomic E-state index is 10.2. The van der Waals surface area contributed by atoms with E-state index < -0.39 is 6.10 Å². The molecule has 0 aliphatic carbocycles. The largest absolute Gasteiger partial charge is 0.489 e. The van der Waals surface area contributed by atoms with Gasteiger partial charge in [0.2, 0.25) is 0 Å². The third kappa shape index (κ3) is 7.51. The first-order valence-corrected chi connectivity index (χ1v) is 9.85. The van der Waals surface area contributed by atoms with Crippen molar-refractivity contribution >= 4 is 53.1 Å². The molecule has 0 saturated heterocycles. The molecule has 0 aliphatic heterocycles. The molecule has 1 aromatic carbocycles. The second-order valence-electron chi connectivity index (χ2n) is 6.37. The lowest BCUT2D eigenvalue weighted by Gasteiger charge is -2.16. The molecule has 29 heavy (non-hydrogen) atoms. The average molecular weight is 556 g/mol. The lowest BCUT2D eigenvalue weighted by molar-refractivity contribution is 0.110. The number of hydrogen-bond donors (Lipinski definition) is 3. The van der Waals surface area contributed by atoms with Gasteiger partial charge in [0.15, 0.2) is 5.96 Å². The van der Waals surface area contributed by atoms with Crippen molar-refractivity contribution < 1.29 is 9.84 Å². The Kier molecular flexibility index (Phi) is 11.1. The molecule has 0 radical (unpaired) electrons. The number of rotatable bonds is 8. The van der Waals surface area contributed by atoms with Gasteiger partial charge >= 0.3 is 0 Å². The topological polar surface area (TPSA) is 83.7 Å². The Bertz CT molecular complexity index is 829. The highest BCUT2D eigenvalue weighted by Gasteiger charge is 2.12. The van der Waals surface area contributed by atoms with Gasteiger partial charge in [-0.3, -0.25) is 4.68 Å². The van der Waals surface area contributed by atoms with E-state index >= 15 is 0 Å². The highest BCUT2D eigenvalue weighted by molar-refractivity contribution is 14.0. The van der Waals surface area contributed by atoms with Crippen molar-refractivity contribution in [1.29, 1.82) is 0 Å². The fraction of sp³-hybridized carbons (Fsp3) is 0.474. The number of aliphatic hydroxyl groups is 1. The highest BCUT2D eigenvalue weighted by Crippen LogP contribution is 2.31. The van der Waals surface area contributed by atoms with E-state index in [9.17, 15) is 5.11 Å². The van der Waals surface area contributed by atoms with Crippen molar-refractivity contribution in [2.75, 3.05) is 19.7 Å². The summed E-state index contributed by atoms with van der Waals surface area (Å²) in [6.45, 7) is 7.54. The van der Waals surface area contributed by atoms with E-state index in [2.05, 4.69) is 20.7 Å². The van der Waals surface area contributed by atoms with Crippen molar-refractivity contribution in [3.8, 4) is 5.75 Å². The van der Waals surface area contributed by atoms with Crippen molar-refractivity contribution in [2.45, 2.75) is 33.4 Å². The number of nitrogens with one attached hydrogen (secondary N) is 2. The van der Waals surface area contributed by atoms with Gasteiger partial charge in [0.1, 0.15) is 23.5 Å². The molecule has 1 heterocycles. The molecule has 1 unspecified atom stereocenters. The Morgan fingerprint density at radius 1 is 1.31 bits per heavy atom. The fourth-order valence-electron chi connectivity index (χ4n) is 2.60. The number of aromatic nitrogens is 2. The summed E-state index contributed by atoms with van der Waals surface area (Å²) >= 11 is 12.0. The standard InChI is InChI=1S/C19H27Cl2N5O2.HI/c1-5-22-19(24-10-15-12(2)25-26(4)13(15)3)23-9-14(27)11-28-17-8-6-7-16(20)18(17)21;/h6-8,14,27H,5,9-11H2,1-4H3,(H2,22,23,24);1H. The number of aryl methyl sites for hydroxylation is 2. The summed E-state index contributed by atoms with van der Waals surface area (Å²) < 4.78 is 7.41. The maximum Gasteiger partial charge on any atom is 0.191 e. The third-order valence-corrected chi connectivity index (χ3v) is 5.05. The van der Waals surface area contributed by atoms with Crippen LogP contribution in [0.2, 0.25) is 10.0 Å². The van der Waals surface area contributed by atoms with Crippen LogP contribution in [0.5, 0.6) is 5.75 Å². The number of aliphatic imine (C=N–C) groups is 1. The van der Waals surface area contributed by atoms with Crippen LogP contribution in [0.25, 0.3) is 0 Å². The van der Waals surface area contributed by atoms with Gasteiger partial charge in [-0.1, -0.05) is 29.3 Å². The van der Waals surface area contributed by atoms with Crippen molar-refractivity contribution in [2.24, 2.45) is 12.0 Å². The molecule has 2 aromatic rings. The summed E-state index contributed by atoms with van der Waals surface area (Å²) in [4.78, 5) is 4.59. The summed E-state index contributed by atoms with van der Waals surface area (Å²) in [6.07, 6.45) is -0.749. The monoisotopic (exact) mass is 555 g/mol. The van der Waals surface area contributed by atoms with Gasteiger partial charge in [0.25, 0.3) is 0 Å². The van der Waals surface area contributed by atoms with E-state index in [1.54, 1.807) is 18.2 Å². The van der Waals surface area contributed by atoms with E-state index in [-0.39, 0.29) is 37.1 Å². The first kappa shape index (κ1) is 25.8. The van der Waals surface area contributed by atoms with Gasteiger partial charge in [-0.05, 0) is 32.9 Å². The van der Waals surface area contributed by atoms with Crippen LogP contribution in [0.1, 0.15) is 23.9 Å². The zero-order valence-electron chi connectivity index (χ0n) is 17.0. The molecule has 0 fully saturated rings. The van der Waals surface area contributed by atoms with Gasteiger partial charge in [0.05, 0.1) is 17.3 Å². The average Bonchev–Trinajstić information content (AvgIpc) is 2.90. The fourth-order valence-corrected chi connectivity index (χ4v) is 2.95. The van der Waals surface area contributed by atoms with E-state index in [0.29, 0.717) is 34.8 Å². The molecule has 2 rings (SSSR count). The Morgan fingerprint density at radius 2 is 2.03 bits per heavy atom. The van der Waals surface area contributed by atoms with E-state index in [1.165, 1.54) is 0 Å². The Balaban J connectivity index is 0.00000420. The summed E-state index contributed by atoms with van der Waals surface area (Å²) in [5.74, 6) is 1.06. The molecule has 1 aromatic heterocycles. The first-order valence-electron chi connectivity index (χ1n) is 9.09. The molecule has 0 spiro atoms. The van der Waals surface area contributed by atoms with E-state index in [0.717, 1.165) is 17.0 Å². The van der Waals surface area contributed by atoms with Crippen LogP contribution < -0.4 is 15.4 Å². The number of aliphatic hydroxyl groups excluding tert-OH is 1. The first-order chi connectivity index (χ1) is 13.3. The van der Waals surface area contributed by atoms with Crippen LogP contribution in [0.15, 0.2) is 23.2 Å². The zero-order chi connectivity index (χ0) is 20.7. The minimum absolute atomic E-state index is 0.